The van der Waals surface area contributed by atoms with Crippen molar-refractivity contribution in [1.29, 1.82) is 0 Å². The Morgan fingerprint density at radius 2 is 2.19 bits per heavy atom. The number of pyridine rings is 1. The number of anilines is 1. The van der Waals surface area contributed by atoms with Crippen LogP contribution in [0.3, 0.4) is 0 Å². The molecule has 108 valence electrons. The van der Waals surface area contributed by atoms with Crippen LogP contribution in [-0.4, -0.2) is 10.9 Å². The molecule has 3 atom stereocenters. The second kappa shape index (κ2) is 4.55. The Balaban J connectivity index is 1.58. The summed E-state index contributed by atoms with van der Waals surface area (Å²) in [4.78, 5) is 17.1. The topological polar surface area (TPSA) is 42.0 Å². The van der Waals surface area contributed by atoms with Crippen LogP contribution in [0.1, 0.15) is 32.6 Å². The predicted molar refractivity (Wildman–Crippen MR) is 83.9 cm³/mol. The van der Waals surface area contributed by atoms with E-state index in [0.29, 0.717) is 5.92 Å². The fourth-order valence-electron chi connectivity index (χ4n) is 4.30. The number of carbonyl (C=O) groups is 1. The fourth-order valence-corrected chi connectivity index (χ4v) is 4.30. The van der Waals surface area contributed by atoms with E-state index < -0.39 is 0 Å². The maximum Gasteiger partial charge on any atom is 0.230 e. The molecule has 1 N–H and O–H groups in total. The van der Waals surface area contributed by atoms with Gasteiger partial charge in [-0.15, -0.1) is 0 Å². The van der Waals surface area contributed by atoms with Gasteiger partial charge in [-0.2, -0.15) is 0 Å². The van der Waals surface area contributed by atoms with Gasteiger partial charge in [-0.3, -0.25) is 9.78 Å². The molecule has 0 spiro atoms. The maximum atomic E-state index is 12.7. The number of hydrogen-bond acceptors (Lipinski definition) is 2. The Morgan fingerprint density at radius 3 is 2.95 bits per heavy atom. The molecule has 2 bridgehead atoms. The van der Waals surface area contributed by atoms with Gasteiger partial charge in [0, 0.05) is 10.8 Å². The molecule has 4 rings (SSSR count). The minimum atomic E-state index is -0.186. The van der Waals surface area contributed by atoms with Crippen molar-refractivity contribution in [2.24, 2.45) is 17.3 Å². The SMILES string of the molecule is CC1(C(=O)Nc2cnc3ccccc3c2)CC2CCC1C2. The molecule has 1 aromatic heterocycles. The molecule has 21 heavy (non-hydrogen) atoms. The quantitative estimate of drug-likeness (QED) is 0.903. The molecule has 3 heteroatoms. The summed E-state index contributed by atoms with van der Waals surface area (Å²) in [5.74, 6) is 1.50. The van der Waals surface area contributed by atoms with Crippen molar-refractivity contribution in [3.63, 3.8) is 0 Å². The second-order valence-corrected chi connectivity index (χ2v) is 6.87. The molecule has 0 aliphatic heterocycles. The zero-order valence-electron chi connectivity index (χ0n) is 12.3. The molecule has 2 saturated carbocycles. The van der Waals surface area contributed by atoms with Crippen LogP contribution in [0.2, 0.25) is 0 Å². The monoisotopic (exact) mass is 280 g/mol. The van der Waals surface area contributed by atoms with Crippen LogP contribution in [-0.2, 0) is 4.79 Å². The van der Waals surface area contributed by atoms with Crippen LogP contribution in [0, 0.1) is 17.3 Å². The molecule has 0 radical (unpaired) electrons. The lowest BCUT2D eigenvalue weighted by atomic mass is 9.74. The van der Waals surface area contributed by atoms with Gasteiger partial charge in [-0.25, -0.2) is 0 Å². The van der Waals surface area contributed by atoms with Crippen LogP contribution < -0.4 is 5.32 Å². The van der Waals surface area contributed by atoms with E-state index in [2.05, 4.69) is 17.2 Å². The average Bonchev–Trinajstić information content (AvgIpc) is 3.08. The van der Waals surface area contributed by atoms with Crippen LogP contribution in [0.25, 0.3) is 10.9 Å². The van der Waals surface area contributed by atoms with E-state index in [-0.39, 0.29) is 11.3 Å². The van der Waals surface area contributed by atoms with Crippen molar-refractivity contribution in [1.82, 2.24) is 4.98 Å². The fraction of sp³-hybridized carbons (Fsp3) is 0.444. The average molecular weight is 280 g/mol. The highest BCUT2D eigenvalue weighted by atomic mass is 16.2. The van der Waals surface area contributed by atoms with Crippen LogP contribution in [0.15, 0.2) is 36.5 Å². The Bertz CT molecular complexity index is 711. The molecule has 1 amide bonds. The van der Waals surface area contributed by atoms with Gasteiger partial charge in [0.2, 0.25) is 5.91 Å². The lowest BCUT2D eigenvalue weighted by Crippen LogP contribution is -2.38. The van der Waals surface area contributed by atoms with E-state index in [1.807, 2.05) is 30.3 Å². The number of aromatic nitrogens is 1. The first-order valence-electron chi connectivity index (χ1n) is 7.81. The summed E-state index contributed by atoms with van der Waals surface area (Å²) in [6.45, 7) is 2.14. The highest BCUT2D eigenvalue weighted by Crippen LogP contribution is 2.56. The molecule has 0 saturated heterocycles. The molecule has 2 fully saturated rings. The third kappa shape index (κ3) is 2.03. The van der Waals surface area contributed by atoms with E-state index >= 15 is 0 Å². The number of hydrogen-bond donors (Lipinski definition) is 1. The summed E-state index contributed by atoms with van der Waals surface area (Å²) in [5.41, 5.74) is 1.58. The molecule has 1 aromatic carbocycles. The highest BCUT2D eigenvalue weighted by Gasteiger charge is 2.52. The van der Waals surface area contributed by atoms with Gasteiger partial charge in [-0.05, 0) is 43.2 Å². The maximum absolute atomic E-state index is 12.7. The summed E-state index contributed by atoms with van der Waals surface area (Å²) in [5, 5.41) is 4.16. The van der Waals surface area contributed by atoms with Crippen LogP contribution in [0.4, 0.5) is 5.69 Å². The van der Waals surface area contributed by atoms with E-state index in [0.717, 1.165) is 28.9 Å². The third-order valence-corrected chi connectivity index (χ3v) is 5.52. The van der Waals surface area contributed by atoms with Crippen LogP contribution in [0.5, 0.6) is 0 Å². The Morgan fingerprint density at radius 1 is 1.33 bits per heavy atom. The minimum Gasteiger partial charge on any atom is -0.324 e. The molecule has 3 nitrogen and oxygen atoms in total. The first-order valence-corrected chi connectivity index (χ1v) is 7.81. The van der Waals surface area contributed by atoms with Gasteiger partial charge in [0.25, 0.3) is 0 Å². The summed E-state index contributed by atoms with van der Waals surface area (Å²) >= 11 is 0. The Labute approximate surface area is 124 Å². The summed E-state index contributed by atoms with van der Waals surface area (Å²) in [6, 6.07) is 9.99. The van der Waals surface area contributed by atoms with Crippen molar-refractivity contribution in [2.45, 2.75) is 32.6 Å². The van der Waals surface area contributed by atoms with Crippen molar-refractivity contribution >= 4 is 22.5 Å². The summed E-state index contributed by atoms with van der Waals surface area (Å²) in [7, 11) is 0. The van der Waals surface area contributed by atoms with E-state index in [4.69, 9.17) is 0 Å². The zero-order valence-corrected chi connectivity index (χ0v) is 12.3. The zero-order chi connectivity index (χ0) is 14.4. The molecule has 3 unspecified atom stereocenters. The standard InChI is InChI=1S/C18H20N2O/c1-18(10-12-6-7-14(18)8-12)17(21)20-15-9-13-4-2-3-5-16(13)19-11-15/h2-5,9,11-12,14H,6-8,10H2,1H3,(H,20,21). The van der Waals surface area contributed by atoms with Gasteiger partial charge in [0.05, 0.1) is 17.4 Å². The molecule has 2 aliphatic rings. The van der Waals surface area contributed by atoms with Gasteiger partial charge >= 0.3 is 0 Å². The molecular weight excluding hydrogens is 260 g/mol. The number of para-hydroxylation sites is 1. The number of carbonyl (C=O) groups excluding carboxylic acids is 1. The summed E-state index contributed by atoms with van der Waals surface area (Å²) in [6.07, 6.45) is 6.57. The lowest BCUT2D eigenvalue weighted by Gasteiger charge is -2.32. The molecular formula is C18H20N2O. The first kappa shape index (κ1) is 12.8. The normalized spacial score (nSPS) is 30.7. The van der Waals surface area contributed by atoms with Gasteiger partial charge in [0.15, 0.2) is 0 Å². The summed E-state index contributed by atoms with van der Waals surface area (Å²) < 4.78 is 0. The van der Waals surface area contributed by atoms with E-state index in [9.17, 15) is 4.79 Å². The minimum absolute atomic E-state index is 0.173. The number of amides is 1. The van der Waals surface area contributed by atoms with Crippen molar-refractivity contribution in [2.75, 3.05) is 5.32 Å². The number of benzene rings is 1. The van der Waals surface area contributed by atoms with Gasteiger partial charge in [-0.1, -0.05) is 31.5 Å². The smallest absolute Gasteiger partial charge is 0.230 e. The predicted octanol–water partition coefficient (Wildman–Crippen LogP) is 4.00. The molecule has 2 aliphatic carbocycles. The number of nitrogens with zero attached hydrogens (tertiary/aromatic N) is 1. The second-order valence-electron chi connectivity index (χ2n) is 6.87. The van der Waals surface area contributed by atoms with Gasteiger partial charge < -0.3 is 5.32 Å². The van der Waals surface area contributed by atoms with Crippen molar-refractivity contribution in [3.8, 4) is 0 Å². The highest BCUT2D eigenvalue weighted by molar-refractivity contribution is 5.97. The van der Waals surface area contributed by atoms with Crippen molar-refractivity contribution in [3.05, 3.63) is 36.5 Å². The van der Waals surface area contributed by atoms with Crippen molar-refractivity contribution < 1.29 is 4.79 Å². The van der Waals surface area contributed by atoms with Gasteiger partial charge in [0.1, 0.15) is 0 Å². The van der Waals surface area contributed by atoms with E-state index in [1.165, 1.54) is 19.3 Å². The molecule has 1 heterocycles. The lowest BCUT2D eigenvalue weighted by molar-refractivity contribution is -0.127. The largest absolute Gasteiger partial charge is 0.324 e. The number of nitrogens with one attached hydrogen (secondary N) is 1. The number of fused-ring (bicyclic) bond motifs is 3. The molecule has 2 aromatic rings. The number of rotatable bonds is 2. The van der Waals surface area contributed by atoms with Crippen LogP contribution >= 0.6 is 0 Å². The third-order valence-electron chi connectivity index (χ3n) is 5.52. The Hall–Kier alpha value is -1.90. The van der Waals surface area contributed by atoms with E-state index in [1.54, 1.807) is 6.20 Å². The Kier molecular flexibility index (Phi) is 2.78. The first-order chi connectivity index (χ1) is 10.1.